The van der Waals surface area contributed by atoms with E-state index in [-0.39, 0.29) is 0 Å². The van der Waals surface area contributed by atoms with Crippen molar-refractivity contribution in [3.05, 3.63) is 259 Å². The smallest absolute Gasteiger partial charge is 0.143 e. The molecule has 0 saturated heterocycles. The number of hydrogen-bond acceptors (Lipinski definition) is 2. The van der Waals surface area contributed by atoms with E-state index in [9.17, 15) is 0 Å². The Morgan fingerprint density at radius 1 is 0.361 bits per heavy atom. The van der Waals surface area contributed by atoms with Crippen LogP contribution in [0.3, 0.4) is 0 Å². The van der Waals surface area contributed by atoms with Crippen molar-refractivity contribution in [1.82, 2.24) is 0 Å². The lowest BCUT2D eigenvalue weighted by Gasteiger charge is -2.35. The monoisotopic (exact) mass is 777 g/mol. The van der Waals surface area contributed by atoms with Gasteiger partial charge < -0.3 is 9.32 Å². The third kappa shape index (κ3) is 5.43. The zero-order valence-electron chi connectivity index (χ0n) is 33.4. The fourth-order valence-corrected chi connectivity index (χ4v) is 10.1. The first-order chi connectivity index (χ1) is 30.3. The van der Waals surface area contributed by atoms with Crippen LogP contribution >= 0.6 is 0 Å². The standard InChI is InChI=1S/C59H39NO/c1-4-17-40(18-5-1)47-24-13-15-29-55(47)60(45-34-31-42(32-35-45)48-27-16-30-56-57(48)52-37-33-41-19-10-11-25-49(41)58(52)61-56)46-36-38-51-50-26-12-14-28-53(50)59(54(51)39-46,43-20-6-2-7-21-43)44-22-8-3-9-23-44/h1-39H. The molecule has 286 valence electrons. The third-order valence-electron chi connectivity index (χ3n) is 12.8. The van der Waals surface area contributed by atoms with Crippen molar-refractivity contribution in [2.24, 2.45) is 0 Å². The molecule has 0 amide bonds. The Hall–Kier alpha value is -7.94. The first kappa shape index (κ1) is 35.0. The zero-order chi connectivity index (χ0) is 40.3. The maximum Gasteiger partial charge on any atom is 0.143 e. The Morgan fingerprint density at radius 2 is 0.951 bits per heavy atom. The summed E-state index contributed by atoms with van der Waals surface area (Å²) in [5.74, 6) is 0. The molecule has 0 atom stereocenters. The van der Waals surface area contributed by atoms with Crippen LogP contribution in [0.25, 0.3) is 66.1 Å². The molecule has 0 unspecified atom stereocenters. The van der Waals surface area contributed by atoms with Crippen LogP contribution < -0.4 is 4.90 Å². The van der Waals surface area contributed by atoms with Gasteiger partial charge in [-0.05, 0) is 97.9 Å². The van der Waals surface area contributed by atoms with Crippen molar-refractivity contribution >= 4 is 49.8 Å². The van der Waals surface area contributed by atoms with E-state index in [1.165, 1.54) is 44.3 Å². The molecule has 61 heavy (non-hydrogen) atoms. The molecule has 0 N–H and O–H groups in total. The lowest BCUT2D eigenvalue weighted by atomic mass is 9.67. The van der Waals surface area contributed by atoms with Crippen LogP contribution in [0.5, 0.6) is 0 Å². The van der Waals surface area contributed by atoms with Gasteiger partial charge in [-0.25, -0.2) is 0 Å². The van der Waals surface area contributed by atoms with Gasteiger partial charge in [-0.2, -0.15) is 0 Å². The molecule has 1 aliphatic rings. The van der Waals surface area contributed by atoms with E-state index in [4.69, 9.17) is 4.42 Å². The van der Waals surface area contributed by atoms with Gasteiger partial charge in [-0.1, -0.05) is 194 Å². The fourth-order valence-electron chi connectivity index (χ4n) is 10.1. The summed E-state index contributed by atoms with van der Waals surface area (Å²) in [4.78, 5) is 2.44. The van der Waals surface area contributed by atoms with Crippen molar-refractivity contribution in [1.29, 1.82) is 0 Å². The molecule has 1 heterocycles. The highest BCUT2D eigenvalue weighted by atomic mass is 16.3. The molecule has 0 bridgehead atoms. The Labute approximate surface area is 355 Å². The van der Waals surface area contributed by atoms with Gasteiger partial charge in [0, 0.05) is 33.1 Å². The van der Waals surface area contributed by atoms with E-state index >= 15 is 0 Å². The van der Waals surface area contributed by atoms with E-state index in [1.807, 2.05) is 0 Å². The Kier molecular flexibility index (Phi) is 8.11. The summed E-state index contributed by atoms with van der Waals surface area (Å²) in [5, 5.41) is 4.58. The van der Waals surface area contributed by atoms with Gasteiger partial charge in [0.05, 0.1) is 11.1 Å². The highest BCUT2D eigenvalue weighted by molar-refractivity contribution is 6.19. The quantitative estimate of drug-likeness (QED) is 0.160. The summed E-state index contributed by atoms with van der Waals surface area (Å²) in [6.45, 7) is 0. The van der Waals surface area contributed by atoms with E-state index in [2.05, 4.69) is 241 Å². The average molecular weight is 778 g/mol. The van der Waals surface area contributed by atoms with Crippen molar-refractivity contribution in [2.45, 2.75) is 5.41 Å². The number of furan rings is 1. The number of para-hydroxylation sites is 1. The van der Waals surface area contributed by atoms with Gasteiger partial charge in [0.15, 0.2) is 0 Å². The minimum Gasteiger partial charge on any atom is -0.455 e. The lowest BCUT2D eigenvalue weighted by Crippen LogP contribution is -2.28. The molecular formula is C59H39NO. The maximum absolute atomic E-state index is 6.59. The van der Waals surface area contributed by atoms with Gasteiger partial charge >= 0.3 is 0 Å². The number of anilines is 3. The van der Waals surface area contributed by atoms with Crippen molar-refractivity contribution in [3.8, 4) is 33.4 Å². The molecule has 0 radical (unpaired) electrons. The van der Waals surface area contributed by atoms with Crippen LogP contribution in [0, 0.1) is 0 Å². The molecule has 2 heteroatoms. The fraction of sp³-hybridized carbons (Fsp3) is 0.0169. The summed E-state index contributed by atoms with van der Waals surface area (Å²) < 4.78 is 6.59. The normalized spacial score (nSPS) is 12.7. The molecule has 12 rings (SSSR count). The number of benzene rings is 10. The topological polar surface area (TPSA) is 16.4 Å². The molecular weight excluding hydrogens is 739 g/mol. The largest absolute Gasteiger partial charge is 0.455 e. The molecule has 0 fully saturated rings. The van der Waals surface area contributed by atoms with Crippen LogP contribution in [0.4, 0.5) is 17.1 Å². The van der Waals surface area contributed by atoms with Crippen molar-refractivity contribution in [2.75, 3.05) is 4.90 Å². The summed E-state index contributed by atoms with van der Waals surface area (Å²) in [6, 6.07) is 86.0. The molecule has 0 aliphatic heterocycles. The molecule has 0 spiro atoms. The highest BCUT2D eigenvalue weighted by Crippen LogP contribution is 2.57. The Bertz CT molecular complexity index is 3360. The Morgan fingerprint density at radius 3 is 1.72 bits per heavy atom. The van der Waals surface area contributed by atoms with Gasteiger partial charge in [-0.15, -0.1) is 0 Å². The first-order valence-electron chi connectivity index (χ1n) is 21.0. The van der Waals surface area contributed by atoms with E-state index < -0.39 is 5.41 Å². The van der Waals surface area contributed by atoms with Gasteiger partial charge in [0.25, 0.3) is 0 Å². The van der Waals surface area contributed by atoms with E-state index in [1.54, 1.807) is 0 Å². The van der Waals surface area contributed by atoms with Crippen molar-refractivity contribution in [3.63, 3.8) is 0 Å². The van der Waals surface area contributed by atoms with E-state index in [0.717, 1.165) is 61.1 Å². The molecule has 1 aliphatic carbocycles. The second-order valence-electron chi connectivity index (χ2n) is 16.0. The Balaban J connectivity index is 1.07. The molecule has 0 saturated carbocycles. The third-order valence-corrected chi connectivity index (χ3v) is 12.8. The molecule has 1 aromatic heterocycles. The van der Waals surface area contributed by atoms with Gasteiger partial charge in [0.1, 0.15) is 11.2 Å². The van der Waals surface area contributed by atoms with E-state index in [0.29, 0.717) is 0 Å². The first-order valence-corrected chi connectivity index (χ1v) is 21.0. The molecule has 10 aromatic carbocycles. The second kappa shape index (κ2) is 14.1. The summed E-state index contributed by atoms with van der Waals surface area (Å²) in [6.07, 6.45) is 0. The van der Waals surface area contributed by atoms with Crippen molar-refractivity contribution < 1.29 is 4.42 Å². The van der Waals surface area contributed by atoms with Gasteiger partial charge in [-0.3, -0.25) is 0 Å². The minimum atomic E-state index is -0.518. The van der Waals surface area contributed by atoms with Crippen LogP contribution in [0.1, 0.15) is 22.3 Å². The number of fused-ring (bicyclic) bond motifs is 8. The molecule has 2 nitrogen and oxygen atoms in total. The van der Waals surface area contributed by atoms with Crippen LogP contribution in [0.15, 0.2) is 241 Å². The minimum absolute atomic E-state index is 0.518. The van der Waals surface area contributed by atoms with Gasteiger partial charge in [0.2, 0.25) is 0 Å². The van der Waals surface area contributed by atoms with Crippen LogP contribution in [-0.2, 0) is 5.41 Å². The number of nitrogens with zero attached hydrogens (tertiary/aromatic N) is 1. The SMILES string of the molecule is c1ccc(-c2ccccc2N(c2ccc(-c3cccc4oc5c6ccccc6ccc5c34)cc2)c2ccc3c(c2)C(c2ccccc2)(c2ccccc2)c2ccccc2-3)cc1. The molecule has 11 aromatic rings. The zero-order valence-corrected chi connectivity index (χ0v) is 33.4. The predicted molar refractivity (Wildman–Crippen MR) is 254 cm³/mol. The summed E-state index contributed by atoms with van der Waals surface area (Å²) in [7, 11) is 0. The maximum atomic E-state index is 6.59. The lowest BCUT2D eigenvalue weighted by molar-refractivity contribution is 0.673. The summed E-state index contributed by atoms with van der Waals surface area (Å²) >= 11 is 0. The average Bonchev–Trinajstić information content (AvgIpc) is 3.87. The summed E-state index contributed by atoms with van der Waals surface area (Å²) in [5.41, 5.74) is 16.8. The number of rotatable bonds is 7. The van der Waals surface area contributed by atoms with Crippen LogP contribution in [-0.4, -0.2) is 0 Å². The highest BCUT2D eigenvalue weighted by Gasteiger charge is 2.46. The van der Waals surface area contributed by atoms with Crippen LogP contribution in [0.2, 0.25) is 0 Å². The second-order valence-corrected chi connectivity index (χ2v) is 16.0. The number of hydrogen-bond donors (Lipinski definition) is 0. The predicted octanol–water partition coefficient (Wildman–Crippen LogP) is 15.9.